The van der Waals surface area contributed by atoms with E-state index in [1.54, 1.807) is 7.11 Å². The number of para-hydroxylation sites is 1. The summed E-state index contributed by atoms with van der Waals surface area (Å²) in [6, 6.07) is 10.1. The molecule has 7 nitrogen and oxygen atoms in total. The Morgan fingerprint density at radius 1 is 1.12 bits per heavy atom. The van der Waals surface area contributed by atoms with Gasteiger partial charge in [-0.05, 0) is 19.1 Å². The molecule has 0 radical (unpaired) electrons. The van der Waals surface area contributed by atoms with Crippen molar-refractivity contribution in [3.63, 3.8) is 0 Å². The minimum atomic E-state index is 0.278. The van der Waals surface area contributed by atoms with Crippen LogP contribution in [0.4, 0.5) is 11.8 Å². The van der Waals surface area contributed by atoms with Gasteiger partial charge in [-0.2, -0.15) is 5.10 Å². The van der Waals surface area contributed by atoms with E-state index in [4.69, 9.17) is 9.84 Å². The van der Waals surface area contributed by atoms with Gasteiger partial charge < -0.3 is 15.0 Å². The summed E-state index contributed by atoms with van der Waals surface area (Å²) in [6.07, 6.45) is 3.96. The number of ether oxygens (including phenoxy) is 1. The van der Waals surface area contributed by atoms with E-state index < -0.39 is 0 Å². The Balaban J connectivity index is 1.65. The summed E-state index contributed by atoms with van der Waals surface area (Å²) < 4.78 is 7.21. The van der Waals surface area contributed by atoms with E-state index in [9.17, 15) is 0 Å². The Morgan fingerprint density at radius 2 is 1.81 bits per heavy atom. The van der Waals surface area contributed by atoms with Gasteiger partial charge >= 0.3 is 0 Å². The monoisotopic (exact) mass is 350 g/mol. The SMILES string of the molecule is CNc1c(C)c(-c2cnc(N3CC(OC)C3)nc2)nn1-c1ccccc1. The highest BCUT2D eigenvalue weighted by atomic mass is 16.5. The summed E-state index contributed by atoms with van der Waals surface area (Å²) >= 11 is 0. The molecule has 2 aromatic heterocycles. The van der Waals surface area contributed by atoms with Gasteiger partial charge in [-0.3, -0.25) is 0 Å². The van der Waals surface area contributed by atoms with Gasteiger partial charge in [-0.25, -0.2) is 14.6 Å². The lowest BCUT2D eigenvalue weighted by atomic mass is 10.1. The fraction of sp³-hybridized carbons (Fsp3) is 0.316. The summed E-state index contributed by atoms with van der Waals surface area (Å²) in [5, 5.41) is 8.04. The smallest absolute Gasteiger partial charge is 0.225 e. The molecule has 0 unspecified atom stereocenters. The number of hydrogen-bond acceptors (Lipinski definition) is 6. The van der Waals surface area contributed by atoms with Gasteiger partial charge in [0.25, 0.3) is 0 Å². The van der Waals surface area contributed by atoms with E-state index in [-0.39, 0.29) is 6.10 Å². The fourth-order valence-electron chi connectivity index (χ4n) is 3.18. The maximum atomic E-state index is 5.30. The molecule has 1 aromatic carbocycles. The second kappa shape index (κ2) is 6.76. The average molecular weight is 350 g/mol. The first-order valence-corrected chi connectivity index (χ1v) is 8.64. The number of methoxy groups -OCH3 is 1. The highest BCUT2D eigenvalue weighted by molar-refractivity contribution is 5.69. The van der Waals surface area contributed by atoms with Gasteiger partial charge in [0.2, 0.25) is 5.95 Å². The van der Waals surface area contributed by atoms with Crippen molar-refractivity contribution in [1.29, 1.82) is 0 Å². The quantitative estimate of drug-likeness (QED) is 0.763. The first-order chi connectivity index (χ1) is 12.7. The number of nitrogens with one attached hydrogen (secondary N) is 1. The van der Waals surface area contributed by atoms with Gasteiger partial charge in [0, 0.05) is 50.8 Å². The summed E-state index contributed by atoms with van der Waals surface area (Å²) in [5.41, 5.74) is 3.86. The van der Waals surface area contributed by atoms with Crippen molar-refractivity contribution < 1.29 is 4.74 Å². The van der Waals surface area contributed by atoms with Gasteiger partial charge in [-0.15, -0.1) is 0 Å². The molecule has 3 heterocycles. The minimum Gasteiger partial charge on any atom is -0.378 e. The van der Waals surface area contributed by atoms with Gasteiger partial charge in [0.1, 0.15) is 11.5 Å². The third-order valence-electron chi connectivity index (χ3n) is 4.74. The first kappa shape index (κ1) is 16.5. The van der Waals surface area contributed by atoms with E-state index in [0.717, 1.165) is 47.4 Å². The third kappa shape index (κ3) is 2.80. The molecule has 1 aliphatic heterocycles. The number of hydrogen-bond donors (Lipinski definition) is 1. The van der Waals surface area contributed by atoms with Crippen LogP contribution in [0.5, 0.6) is 0 Å². The lowest BCUT2D eigenvalue weighted by molar-refractivity contribution is 0.0778. The second-order valence-corrected chi connectivity index (χ2v) is 6.35. The molecule has 0 spiro atoms. The van der Waals surface area contributed by atoms with Crippen LogP contribution < -0.4 is 10.2 Å². The summed E-state index contributed by atoms with van der Waals surface area (Å²) in [7, 11) is 3.64. The molecule has 1 saturated heterocycles. The van der Waals surface area contributed by atoms with E-state index >= 15 is 0 Å². The van der Waals surface area contributed by atoms with E-state index in [2.05, 4.69) is 27.1 Å². The van der Waals surface area contributed by atoms with Crippen LogP contribution >= 0.6 is 0 Å². The number of benzene rings is 1. The zero-order chi connectivity index (χ0) is 18.1. The number of rotatable bonds is 5. The normalized spacial score (nSPS) is 14.3. The van der Waals surface area contributed by atoms with E-state index in [1.807, 2.05) is 54.5 Å². The molecule has 1 N–H and O–H groups in total. The molecule has 26 heavy (non-hydrogen) atoms. The number of aromatic nitrogens is 4. The number of nitrogens with zero attached hydrogens (tertiary/aromatic N) is 5. The minimum absolute atomic E-state index is 0.278. The van der Waals surface area contributed by atoms with Crippen LogP contribution in [0.2, 0.25) is 0 Å². The molecule has 0 saturated carbocycles. The molecule has 1 aliphatic rings. The zero-order valence-electron chi connectivity index (χ0n) is 15.2. The highest BCUT2D eigenvalue weighted by Crippen LogP contribution is 2.30. The van der Waals surface area contributed by atoms with Crippen LogP contribution in [0.25, 0.3) is 16.9 Å². The van der Waals surface area contributed by atoms with Gasteiger partial charge in [0.05, 0.1) is 11.8 Å². The Morgan fingerprint density at radius 3 is 2.42 bits per heavy atom. The predicted octanol–water partition coefficient (Wildman–Crippen LogP) is 2.51. The average Bonchev–Trinajstić information content (AvgIpc) is 2.98. The van der Waals surface area contributed by atoms with Crippen molar-refractivity contribution >= 4 is 11.8 Å². The molecular weight excluding hydrogens is 328 g/mol. The maximum Gasteiger partial charge on any atom is 0.225 e. The lowest BCUT2D eigenvalue weighted by Gasteiger charge is -2.37. The number of anilines is 2. The van der Waals surface area contributed by atoms with Gasteiger partial charge in [-0.1, -0.05) is 18.2 Å². The molecule has 0 amide bonds. The van der Waals surface area contributed by atoms with E-state index in [0.29, 0.717) is 0 Å². The van der Waals surface area contributed by atoms with Crippen LogP contribution in [-0.4, -0.2) is 53.1 Å². The second-order valence-electron chi connectivity index (χ2n) is 6.35. The lowest BCUT2D eigenvalue weighted by Crippen LogP contribution is -2.52. The summed E-state index contributed by atoms with van der Waals surface area (Å²) in [5.74, 6) is 1.69. The van der Waals surface area contributed by atoms with Gasteiger partial charge in [0.15, 0.2) is 0 Å². The largest absolute Gasteiger partial charge is 0.378 e. The Hall–Kier alpha value is -2.93. The Labute approximate surface area is 152 Å². The van der Waals surface area contributed by atoms with Crippen molar-refractivity contribution in [2.45, 2.75) is 13.0 Å². The Kier molecular flexibility index (Phi) is 4.30. The van der Waals surface area contributed by atoms with Crippen LogP contribution in [0.3, 0.4) is 0 Å². The standard InChI is InChI=1S/C19H22N6O/c1-13-17(23-25(18(13)20-2)15-7-5-4-6-8-15)14-9-21-19(22-10-14)24-11-16(12-24)26-3/h4-10,16,20H,11-12H2,1-3H3. The molecule has 134 valence electrons. The molecule has 4 rings (SSSR count). The molecule has 1 fully saturated rings. The predicted molar refractivity (Wildman–Crippen MR) is 102 cm³/mol. The summed E-state index contributed by atoms with van der Waals surface area (Å²) in [4.78, 5) is 11.1. The van der Waals surface area contributed by atoms with Crippen molar-refractivity contribution in [3.8, 4) is 16.9 Å². The van der Waals surface area contributed by atoms with Crippen molar-refractivity contribution in [2.75, 3.05) is 37.5 Å². The molecule has 0 atom stereocenters. The van der Waals surface area contributed by atoms with Crippen LogP contribution in [0.1, 0.15) is 5.56 Å². The van der Waals surface area contributed by atoms with Crippen molar-refractivity contribution in [2.24, 2.45) is 0 Å². The van der Waals surface area contributed by atoms with E-state index in [1.165, 1.54) is 0 Å². The molecule has 3 aromatic rings. The maximum absolute atomic E-state index is 5.30. The van der Waals surface area contributed by atoms with Crippen LogP contribution in [0, 0.1) is 6.92 Å². The topological polar surface area (TPSA) is 68.1 Å². The van der Waals surface area contributed by atoms with Crippen molar-refractivity contribution in [3.05, 3.63) is 48.3 Å². The molecule has 7 heteroatoms. The van der Waals surface area contributed by atoms with Crippen LogP contribution in [0.15, 0.2) is 42.7 Å². The summed E-state index contributed by atoms with van der Waals surface area (Å²) in [6.45, 7) is 3.73. The zero-order valence-corrected chi connectivity index (χ0v) is 15.2. The van der Waals surface area contributed by atoms with Crippen molar-refractivity contribution in [1.82, 2.24) is 19.7 Å². The fourth-order valence-corrected chi connectivity index (χ4v) is 3.18. The first-order valence-electron chi connectivity index (χ1n) is 8.64. The highest BCUT2D eigenvalue weighted by Gasteiger charge is 2.28. The molecule has 0 bridgehead atoms. The molecule has 0 aliphatic carbocycles. The van der Waals surface area contributed by atoms with Crippen LogP contribution in [-0.2, 0) is 4.74 Å². The Bertz CT molecular complexity index is 884. The molecular formula is C19H22N6O. The third-order valence-corrected chi connectivity index (χ3v) is 4.74.